The highest BCUT2D eigenvalue weighted by atomic mass is 16.6. The molecule has 0 radical (unpaired) electrons. The summed E-state index contributed by atoms with van der Waals surface area (Å²) in [5.41, 5.74) is 3.06. The summed E-state index contributed by atoms with van der Waals surface area (Å²) in [4.78, 5) is 21.1. The summed E-state index contributed by atoms with van der Waals surface area (Å²) >= 11 is 0. The van der Waals surface area contributed by atoms with Gasteiger partial charge in [0.1, 0.15) is 10.6 Å². The molecule has 0 spiro atoms. The Morgan fingerprint density at radius 1 is 1.57 bits per heavy atom. The lowest BCUT2D eigenvalue weighted by Gasteiger charge is -2.02. The second kappa shape index (κ2) is 6.73. The van der Waals surface area contributed by atoms with Gasteiger partial charge in [0.25, 0.3) is 0 Å². The lowest BCUT2D eigenvalue weighted by molar-refractivity contribution is -0.401. The van der Waals surface area contributed by atoms with Gasteiger partial charge in [0.2, 0.25) is 0 Å². The maximum Gasteiger partial charge on any atom is 0.433 e. The van der Waals surface area contributed by atoms with Crippen molar-refractivity contribution in [3.05, 3.63) is 34.0 Å². The number of hydrogen-bond acceptors (Lipinski definition) is 7. The van der Waals surface area contributed by atoms with Crippen LogP contribution in [0.2, 0.25) is 0 Å². The average Bonchev–Trinajstić information content (AvgIpc) is 3.13. The Morgan fingerprint density at radius 2 is 2.30 bits per heavy atom. The fourth-order valence-corrected chi connectivity index (χ4v) is 1.71. The molecule has 2 aromatic heterocycles. The van der Waals surface area contributed by atoms with Gasteiger partial charge in [0, 0.05) is 17.8 Å². The van der Waals surface area contributed by atoms with E-state index < -0.39 is 11.0 Å². The van der Waals surface area contributed by atoms with Crippen molar-refractivity contribution in [1.29, 1.82) is 0 Å². The van der Waals surface area contributed by atoms with Crippen molar-refractivity contribution in [3.8, 4) is 11.5 Å². The van der Waals surface area contributed by atoms with Crippen LogP contribution in [0.3, 0.4) is 0 Å². The van der Waals surface area contributed by atoms with Gasteiger partial charge in [-0.25, -0.2) is 10.2 Å². The molecule has 0 fully saturated rings. The molecule has 2 heterocycles. The van der Waals surface area contributed by atoms with Crippen LogP contribution < -0.4 is 5.43 Å². The lowest BCUT2D eigenvalue weighted by atomic mass is 10.2. The largest absolute Gasteiger partial charge is 0.452 e. The molecule has 2 aromatic rings. The first-order valence-corrected chi connectivity index (χ1v) is 6.63. The average molecular weight is 321 g/mol. The van der Waals surface area contributed by atoms with Crippen molar-refractivity contribution in [1.82, 2.24) is 15.2 Å². The molecule has 0 bridgehead atoms. The normalized spacial score (nSPS) is 11.1. The van der Waals surface area contributed by atoms with Gasteiger partial charge in [-0.3, -0.25) is 14.8 Å². The third kappa shape index (κ3) is 3.73. The highest BCUT2D eigenvalue weighted by molar-refractivity contribution is 5.88. The summed E-state index contributed by atoms with van der Waals surface area (Å²) in [7, 11) is 1.22. The zero-order valence-corrected chi connectivity index (χ0v) is 12.7. The Hall–Kier alpha value is -3.17. The highest BCUT2D eigenvalue weighted by Crippen LogP contribution is 2.27. The van der Waals surface area contributed by atoms with Crippen molar-refractivity contribution in [2.75, 3.05) is 7.11 Å². The van der Waals surface area contributed by atoms with Crippen molar-refractivity contribution in [2.45, 2.75) is 19.9 Å². The first-order valence-electron chi connectivity index (χ1n) is 6.63. The maximum atomic E-state index is 11.0. The quantitative estimate of drug-likeness (QED) is 0.512. The minimum Gasteiger partial charge on any atom is -0.452 e. The van der Waals surface area contributed by atoms with Gasteiger partial charge in [0.05, 0.1) is 19.4 Å². The zero-order valence-electron chi connectivity index (χ0n) is 12.7. The van der Waals surface area contributed by atoms with Gasteiger partial charge in [-0.2, -0.15) is 10.2 Å². The number of carbonyl (C=O) groups excluding carboxylic acids is 1. The van der Waals surface area contributed by atoms with Crippen LogP contribution in [0.15, 0.2) is 27.8 Å². The molecule has 0 unspecified atom stereocenters. The second-order valence-electron chi connectivity index (χ2n) is 4.76. The maximum absolute atomic E-state index is 11.0. The number of nitrogens with zero attached hydrogens (tertiary/aromatic N) is 4. The summed E-state index contributed by atoms with van der Waals surface area (Å²) < 4.78 is 11.2. The fraction of sp³-hybridized carbons (Fsp3) is 0.308. The van der Waals surface area contributed by atoms with E-state index in [0.717, 1.165) is 0 Å². The predicted molar refractivity (Wildman–Crippen MR) is 80.1 cm³/mol. The van der Waals surface area contributed by atoms with Crippen LogP contribution >= 0.6 is 0 Å². The van der Waals surface area contributed by atoms with E-state index in [-0.39, 0.29) is 17.7 Å². The number of hydrazone groups is 1. The molecule has 122 valence electrons. The minimum atomic E-state index is -0.715. The molecule has 2 rings (SSSR count). The Morgan fingerprint density at radius 3 is 2.87 bits per heavy atom. The number of aromatic nitrogens is 2. The molecule has 0 aliphatic rings. The molecule has 23 heavy (non-hydrogen) atoms. The first-order chi connectivity index (χ1) is 10.9. The van der Waals surface area contributed by atoms with Crippen LogP contribution in [0.5, 0.6) is 0 Å². The van der Waals surface area contributed by atoms with Crippen molar-refractivity contribution >= 4 is 18.2 Å². The first kappa shape index (κ1) is 16.2. The number of nitro groups is 1. The van der Waals surface area contributed by atoms with E-state index in [2.05, 4.69) is 20.4 Å². The van der Waals surface area contributed by atoms with E-state index in [9.17, 15) is 14.9 Å². The summed E-state index contributed by atoms with van der Waals surface area (Å²) in [6, 6.07) is 2.77. The standard InChI is InChI=1S/C13H15N5O5/c1-8(2)17-7-9(6-14-15-13(19)22-3)12(16-17)10-4-5-11(23-10)18(20)21/h4-8H,1-3H3,(H,15,19)/b14-6+. The molecule has 1 amide bonds. The molecule has 0 aliphatic carbocycles. The molecule has 1 N–H and O–H groups in total. The van der Waals surface area contributed by atoms with Crippen molar-refractivity contribution < 1.29 is 18.9 Å². The van der Waals surface area contributed by atoms with Gasteiger partial charge in [0.15, 0.2) is 5.76 Å². The Kier molecular flexibility index (Phi) is 4.74. The number of methoxy groups -OCH3 is 1. The van der Waals surface area contributed by atoms with Crippen molar-refractivity contribution in [3.63, 3.8) is 0 Å². The third-order valence-corrected chi connectivity index (χ3v) is 2.84. The van der Waals surface area contributed by atoms with Crippen LogP contribution in [0.4, 0.5) is 10.7 Å². The zero-order chi connectivity index (χ0) is 17.0. The number of carbonyl (C=O) groups is 1. The number of amides is 1. The summed E-state index contributed by atoms with van der Waals surface area (Å²) in [6.45, 7) is 3.85. The van der Waals surface area contributed by atoms with Crippen LogP contribution in [0, 0.1) is 10.1 Å². The van der Waals surface area contributed by atoms with Gasteiger partial charge in [-0.15, -0.1) is 0 Å². The van der Waals surface area contributed by atoms with E-state index in [1.807, 2.05) is 13.8 Å². The molecular weight excluding hydrogens is 306 g/mol. The number of furan rings is 1. The van der Waals surface area contributed by atoms with Gasteiger partial charge in [-0.05, 0) is 19.9 Å². The molecule has 0 aromatic carbocycles. The topological polar surface area (TPSA) is 125 Å². The smallest absolute Gasteiger partial charge is 0.433 e. The second-order valence-corrected chi connectivity index (χ2v) is 4.76. The minimum absolute atomic E-state index is 0.0643. The van der Waals surface area contributed by atoms with Gasteiger partial charge in [-0.1, -0.05) is 0 Å². The van der Waals surface area contributed by atoms with E-state index >= 15 is 0 Å². The number of nitrogens with one attached hydrogen (secondary N) is 1. The van der Waals surface area contributed by atoms with E-state index in [1.54, 1.807) is 10.9 Å². The molecule has 10 heteroatoms. The summed E-state index contributed by atoms with van der Waals surface area (Å²) in [5, 5.41) is 18.8. The van der Waals surface area contributed by atoms with Crippen LogP contribution in [0.1, 0.15) is 25.5 Å². The van der Waals surface area contributed by atoms with Gasteiger partial charge >= 0.3 is 12.0 Å². The highest BCUT2D eigenvalue weighted by Gasteiger charge is 2.19. The number of ether oxygens (including phenoxy) is 1. The number of rotatable bonds is 5. The van der Waals surface area contributed by atoms with E-state index in [4.69, 9.17) is 4.42 Å². The SMILES string of the molecule is COC(=O)N/N=C/c1cn(C(C)C)nc1-c1ccc([N+](=O)[O-])o1. The van der Waals surface area contributed by atoms with Crippen LogP contribution in [-0.4, -0.2) is 34.1 Å². The van der Waals surface area contributed by atoms with Crippen molar-refractivity contribution in [2.24, 2.45) is 5.10 Å². The molecule has 0 saturated carbocycles. The fourth-order valence-electron chi connectivity index (χ4n) is 1.71. The van der Waals surface area contributed by atoms with Crippen LogP contribution in [-0.2, 0) is 4.74 Å². The van der Waals surface area contributed by atoms with E-state index in [0.29, 0.717) is 11.3 Å². The molecule has 0 saturated heterocycles. The Bertz CT molecular complexity index is 746. The van der Waals surface area contributed by atoms with Gasteiger partial charge < -0.3 is 9.15 Å². The Labute approximate surface area is 130 Å². The Balaban J connectivity index is 2.36. The number of hydrogen-bond donors (Lipinski definition) is 1. The molecule has 0 aliphatic heterocycles. The van der Waals surface area contributed by atoms with Crippen LogP contribution in [0.25, 0.3) is 11.5 Å². The van der Waals surface area contributed by atoms with E-state index in [1.165, 1.54) is 25.5 Å². The molecular formula is C13H15N5O5. The molecule has 0 atom stereocenters. The summed E-state index contributed by atoms with van der Waals surface area (Å²) in [6.07, 6.45) is 2.33. The lowest BCUT2D eigenvalue weighted by Crippen LogP contribution is -2.16. The molecule has 10 nitrogen and oxygen atoms in total. The predicted octanol–water partition coefficient (Wildman–Crippen LogP) is 2.32. The third-order valence-electron chi connectivity index (χ3n) is 2.84. The summed E-state index contributed by atoms with van der Waals surface area (Å²) in [5.74, 6) is -0.148. The monoisotopic (exact) mass is 321 g/mol.